The molecule has 0 amide bonds. The fourth-order valence-corrected chi connectivity index (χ4v) is 3.34. The van der Waals surface area contributed by atoms with Crippen LogP contribution in [0, 0.1) is 12.8 Å². The normalized spacial score (nSPS) is 30.3. The van der Waals surface area contributed by atoms with Crippen LogP contribution in [0.25, 0.3) is 0 Å². The first-order chi connectivity index (χ1) is 8.79. The molecule has 2 N–H and O–H groups in total. The molecule has 2 atom stereocenters. The molecule has 18 heavy (non-hydrogen) atoms. The molecule has 2 unspecified atom stereocenters. The van der Waals surface area contributed by atoms with E-state index in [1.807, 2.05) is 6.92 Å². The third-order valence-corrected chi connectivity index (χ3v) is 4.42. The molecule has 3 rings (SSSR count). The third kappa shape index (κ3) is 2.34. The molecule has 1 aromatic rings. The third-order valence-electron chi connectivity index (χ3n) is 4.42. The Kier molecular flexibility index (Phi) is 3.44. The van der Waals surface area contributed by atoms with Gasteiger partial charge in [0.1, 0.15) is 11.5 Å². The molecular formula is C15H24N2O. The van der Waals surface area contributed by atoms with Gasteiger partial charge in [0.15, 0.2) is 0 Å². The minimum Gasteiger partial charge on any atom is -0.465 e. The van der Waals surface area contributed by atoms with Crippen molar-refractivity contribution in [2.75, 3.05) is 13.1 Å². The Hall–Kier alpha value is -0.800. The van der Waals surface area contributed by atoms with Gasteiger partial charge in [0, 0.05) is 6.04 Å². The molecule has 0 radical (unpaired) electrons. The summed E-state index contributed by atoms with van der Waals surface area (Å²) in [7, 11) is 0. The van der Waals surface area contributed by atoms with Crippen molar-refractivity contribution in [1.29, 1.82) is 0 Å². The molecule has 2 fully saturated rings. The Bertz CT molecular complexity index is 397. The lowest BCUT2D eigenvalue weighted by Gasteiger charge is -2.33. The number of hydrogen-bond donors (Lipinski definition) is 1. The van der Waals surface area contributed by atoms with Gasteiger partial charge in [0.05, 0.1) is 6.04 Å². The van der Waals surface area contributed by atoms with Gasteiger partial charge in [-0.15, -0.1) is 0 Å². The van der Waals surface area contributed by atoms with E-state index in [2.05, 4.69) is 17.0 Å². The first kappa shape index (κ1) is 12.2. The Morgan fingerprint density at radius 2 is 2.11 bits per heavy atom. The first-order valence-corrected chi connectivity index (χ1v) is 7.31. The highest BCUT2D eigenvalue weighted by Crippen LogP contribution is 2.42. The Labute approximate surface area is 109 Å². The maximum Gasteiger partial charge on any atom is 0.121 e. The van der Waals surface area contributed by atoms with Gasteiger partial charge in [-0.3, -0.25) is 4.90 Å². The van der Waals surface area contributed by atoms with Crippen LogP contribution in [-0.4, -0.2) is 24.0 Å². The standard InChI is InChI=1S/C15H24N2O/c1-11-5-8-14(18-11)15-12(10-16)4-2-3-9-17(15)13-6-7-13/h5,8,12-13,15H,2-4,6-7,9-10,16H2,1H3. The molecule has 0 aromatic carbocycles. The summed E-state index contributed by atoms with van der Waals surface area (Å²) in [5, 5.41) is 0. The van der Waals surface area contributed by atoms with Crippen molar-refractivity contribution in [2.45, 2.75) is 51.1 Å². The van der Waals surface area contributed by atoms with Crippen LogP contribution in [0.2, 0.25) is 0 Å². The molecule has 2 aliphatic rings. The molecular weight excluding hydrogens is 224 g/mol. The quantitative estimate of drug-likeness (QED) is 0.894. The molecule has 1 saturated heterocycles. The number of aryl methyl sites for hydroxylation is 1. The summed E-state index contributed by atoms with van der Waals surface area (Å²) >= 11 is 0. The van der Waals surface area contributed by atoms with Gasteiger partial charge in [0.25, 0.3) is 0 Å². The van der Waals surface area contributed by atoms with Crippen molar-refractivity contribution in [1.82, 2.24) is 4.90 Å². The highest BCUT2D eigenvalue weighted by molar-refractivity contribution is 5.13. The van der Waals surface area contributed by atoms with Gasteiger partial charge in [-0.1, -0.05) is 6.42 Å². The first-order valence-electron chi connectivity index (χ1n) is 7.31. The summed E-state index contributed by atoms with van der Waals surface area (Å²) in [5.41, 5.74) is 6.02. The second-order valence-electron chi connectivity index (χ2n) is 5.85. The van der Waals surface area contributed by atoms with Crippen LogP contribution in [-0.2, 0) is 0 Å². The van der Waals surface area contributed by atoms with E-state index >= 15 is 0 Å². The highest BCUT2D eigenvalue weighted by Gasteiger charge is 2.40. The van der Waals surface area contributed by atoms with Gasteiger partial charge in [-0.25, -0.2) is 0 Å². The van der Waals surface area contributed by atoms with E-state index in [1.54, 1.807) is 0 Å². The van der Waals surface area contributed by atoms with Gasteiger partial charge >= 0.3 is 0 Å². The number of furan rings is 1. The number of nitrogens with two attached hydrogens (primary N) is 1. The maximum absolute atomic E-state index is 6.02. The molecule has 1 saturated carbocycles. The number of nitrogens with zero attached hydrogens (tertiary/aromatic N) is 1. The Morgan fingerprint density at radius 1 is 1.28 bits per heavy atom. The number of hydrogen-bond acceptors (Lipinski definition) is 3. The molecule has 100 valence electrons. The lowest BCUT2D eigenvalue weighted by Crippen LogP contribution is -2.37. The molecule has 3 nitrogen and oxygen atoms in total. The SMILES string of the molecule is Cc1ccc(C2C(CN)CCCCN2C2CC2)o1. The molecule has 1 aliphatic carbocycles. The largest absolute Gasteiger partial charge is 0.465 e. The lowest BCUT2D eigenvalue weighted by molar-refractivity contribution is 0.127. The second kappa shape index (κ2) is 5.06. The average molecular weight is 248 g/mol. The summed E-state index contributed by atoms with van der Waals surface area (Å²) < 4.78 is 5.92. The lowest BCUT2D eigenvalue weighted by atomic mass is 9.93. The van der Waals surface area contributed by atoms with Gasteiger partial charge < -0.3 is 10.2 Å². The predicted octanol–water partition coefficient (Wildman–Crippen LogP) is 2.85. The van der Waals surface area contributed by atoms with E-state index in [1.165, 1.54) is 38.6 Å². The van der Waals surface area contributed by atoms with E-state index in [0.717, 1.165) is 24.1 Å². The molecule has 1 aromatic heterocycles. The minimum absolute atomic E-state index is 0.415. The summed E-state index contributed by atoms with van der Waals surface area (Å²) in [4.78, 5) is 2.67. The fraction of sp³-hybridized carbons (Fsp3) is 0.733. The Morgan fingerprint density at radius 3 is 2.72 bits per heavy atom. The summed E-state index contributed by atoms with van der Waals surface area (Å²) in [6, 6.07) is 5.44. The van der Waals surface area contributed by atoms with Crippen LogP contribution in [0.3, 0.4) is 0 Å². The van der Waals surface area contributed by atoms with Crippen LogP contribution >= 0.6 is 0 Å². The van der Waals surface area contributed by atoms with Crippen LogP contribution < -0.4 is 5.73 Å². The zero-order chi connectivity index (χ0) is 12.5. The van der Waals surface area contributed by atoms with E-state index < -0.39 is 0 Å². The maximum atomic E-state index is 6.02. The zero-order valence-corrected chi connectivity index (χ0v) is 11.3. The van der Waals surface area contributed by atoms with Crippen molar-refractivity contribution in [3.63, 3.8) is 0 Å². The van der Waals surface area contributed by atoms with Crippen LogP contribution in [0.4, 0.5) is 0 Å². The van der Waals surface area contributed by atoms with Gasteiger partial charge in [-0.2, -0.15) is 0 Å². The average Bonchev–Trinajstić information content (AvgIpc) is 3.14. The number of rotatable bonds is 3. The van der Waals surface area contributed by atoms with Crippen molar-refractivity contribution in [2.24, 2.45) is 11.7 Å². The monoisotopic (exact) mass is 248 g/mol. The second-order valence-corrected chi connectivity index (χ2v) is 5.85. The summed E-state index contributed by atoms with van der Waals surface area (Å²) in [6.45, 7) is 4.01. The molecule has 0 bridgehead atoms. The molecule has 1 aliphatic heterocycles. The molecule has 3 heteroatoms. The minimum atomic E-state index is 0.415. The van der Waals surface area contributed by atoms with Gasteiger partial charge in [-0.05, 0) is 63.7 Å². The van der Waals surface area contributed by atoms with E-state index in [-0.39, 0.29) is 0 Å². The van der Waals surface area contributed by atoms with E-state index in [4.69, 9.17) is 10.2 Å². The van der Waals surface area contributed by atoms with Crippen molar-refractivity contribution < 1.29 is 4.42 Å². The van der Waals surface area contributed by atoms with Crippen molar-refractivity contribution in [3.8, 4) is 0 Å². The van der Waals surface area contributed by atoms with Crippen LogP contribution in [0.5, 0.6) is 0 Å². The highest BCUT2D eigenvalue weighted by atomic mass is 16.3. The zero-order valence-electron chi connectivity index (χ0n) is 11.3. The van der Waals surface area contributed by atoms with Crippen LogP contribution in [0.15, 0.2) is 16.5 Å². The van der Waals surface area contributed by atoms with E-state index in [0.29, 0.717) is 12.0 Å². The van der Waals surface area contributed by atoms with Crippen molar-refractivity contribution in [3.05, 3.63) is 23.7 Å². The predicted molar refractivity (Wildman–Crippen MR) is 72.3 cm³/mol. The fourth-order valence-electron chi connectivity index (χ4n) is 3.34. The molecule has 2 heterocycles. The smallest absolute Gasteiger partial charge is 0.121 e. The van der Waals surface area contributed by atoms with Crippen LogP contribution in [0.1, 0.15) is 49.7 Å². The Balaban J connectivity index is 1.90. The molecule has 0 spiro atoms. The summed E-state index contributed by atoms with van der Waals surface area (Å²) in [5.74, 6) is 2.70. The van der Waals surface area contributed by atoms with Gasteiger partial charge in [0.2, 0.25) is 0 Å². The van der Waals surface area contributed by atoms with Crippen molar-refractivity contribution >= 4 is 0 Å². The topological polar surface area (TPSA) is 42.4 Å². The van der Waals surface area contributed by atoms with E-state index in [9.17, 15) is 0 Å². The number of likely N-dealkylation sites (tertiary alicyclic amines) is 1. The summed E-state index contributed by atoms with van der Waals surface area (Å²) in [6.07, 6.45) is 6.57.